The van der Waals surface area contributed by atoms with Gasteiger partial charge in [-0.05, 0) is 30.4 Å². The highest BCUT2D eigenvalue weighted by molar-refractivity contribution is 5.83. The van der Waals surface area contributed by atoms with Crippen molar-refractivity contribution in [3.63, 3.8) is 0 Å². The van der Waals surface area contributed by atoms with Crippen molar-refractivity contribution < 1.29 is 5.21 Å². The van der Waals surface area contributed by atoms with Gasteiger partial charge in [0.25, 0.3) is 5.56 Å². The molecule has 2 heterocycles. The van der Waals surface area contributed by atoms with E-state index in [1.807, 2.05) is 38.1 Å². The number of benzene rings is 1. The second-order valence-corrected chi connectivity index (χ2v) is 7.24. The van der Waals surface area contributed by atoms with Crippen LogP contribution in [-0.2, 0) is 13.1 Å². The van der Waals surface area contributed by atoms with Crippen molar-refractivity contribution in [1.29, 1.82) is 0 Å². The van der Waals surface area contributed by atoms with Gasteiger partial charge in [0.05, 0.1) is 11.2 Å². The average molecular weight is 369 g/mol. The molecule has 0 saturated carbocycles. The summed E-state index contributed by atoms with van der Waals surface area (Å²) in [4.78, 5) is 25.7. The third-order valence-corrected chi connectivity index (χ3v) is 4.92. The Hall–Kier alpha value is -2.76. The minimum absolute atomic E-state index is 0.152. The fraction of sp³-hybridized carbons (Fsp3) is 0.429. The first-order chi connectivity index (χ1) is 12.9. The predicted octanol–water partition coefficient (Wildman–Crippen LogP) is 3.81. The summed E-state index contributed by atoms with van der Waals surface area (Å²) >= 11 is 0. The van der Waals surface area contributed by atoms with Gasteiger partial charge in [0.1, 0.15) is 0 Å². The Morgan fingerprint density at radius 1 is 0.963 bits per heavy atom. The van der Waals surface area contributed by atoms with E-state index >= 15 is 0 Å². The van der Waals surface area contributed by atoms with Crippen molar-refractivity contribution in [2.45, 2.75) is 59.5 Å². The lowest BCUT2D eigenvalue weighted by molar-refractivity contribution is 0.203. The normalized spacial score (nSPS) is 11.6. The maximum absolute atomic E-state index is 12.9. The molecule has 6 nitrogen and oxygen atoms in total. The lowest BCUT2D eigenvalue weighted by Crippen LogP contribution is -2.40. The van der Waals surface area contributed by atoms with Gasteiger partial charge in [-0.3, -0.25) is 13.9 Å². The van der Waals surface area contributed by atoms with Crippen LogP contribution in [0.2, 0.25) is 0 Å². The van der Waals surface area contributed by atoms with Crippen LogP contribution >= 0.6 is 0 Å². The molecule has 0 unspecified atom stereocenters. The fourth-order valence-corrected chi connectivity index (χ4v) is 3.46. The first kappa shape index (κ1) is 19.0. The Kier molecular flexibility index (Phi) is 5.26. The standard InChI is InChI=1S/C21H27N3O3/c1-5-11-22-18-13-17(16-9-7-15(8-10-16)14(3)4)24(27)19(18)20(25)23(12-6-2)21(22)26/h7-10,13-14,27H,5-6,11-12H2,1-4H3. The molecule has 0 amide bonds. The van der Waals surface area contributed by atoms with E-state index in [-0.39, 0.29) is 11.2 Å². The van der Waals surface area contributed by atoms with Crippen molar-refractivity contribution >= 4 is 11.0 Å². The van der Waals surface area contributed by atoms with Crippen LogP contribution in [0.1, 0.15) is 52.0 Å². The molecule has 0 aliphatic heterocycles. The minimum Gasteiger partial charge on any atom is -0.428 e. The molecule has 0 atom stereocenters. The van der Waals surface area contributed by atoms with E-state index in [2.05, 4.69) is 13.8 Å². The number of nitrogens with zero attached hydrogens (tertiary/aromatic N) is 3. The van der Waals surface area contributed by atoms with Gasteiger partial charge < -0.3 is 5.21 Å². The summed E-state index contributed by atoms with van der Waals surface area (Å²) in [6.45, 7) is 8.97. The van der Waals surface area contributed by atoms with Crippen LogP contribution < -0.4 is 11.2 Å². The van der Waals surface area contributed by atoms with Gasteiger partial charge in [0, 0.05) is 18.7 Å². The summed E-state index contributed by atoms with van der Waals surface area (Å²) in [7, 11) is 0. The minimum atomic E-state index is -0.447. The number of aryl methyl sites for hydroxylation is 1. The molecule has 27 heavy (non-hydrogen) atoms. The molecule has 6 heteroatoms. The third kappa shape index (κ3) is 3.20. The summed E-state index contributed by atoms with van der Waals surface area (Å²) in [5, 5.41) is 10.8. The highest BCUT2D eigenvalue weighted by Crippen LogP contribution is 2.26. The Balaban J connectivity index is 2.29. The Morgan fingerprint density at radius 2 is 1.56 bits per heavy atom. The average Bonchev–Trinajstić information content (AvgIpc) is 2.99. The van der Waals surface area contributed by atoms with Crippen LogP contribution in [0.15, 0.2) is 39.9 Å². The summed E-state index contributed by atoms with van der Waals surface area (Å²) in [6.07, 6.45) is 1.43. The Bertz CT molecular complexity index is 1070. The van der Waals surface area contributed by atoms with Crippen LogP contribution in [0.3, 0.4) is 0 Å². The predicted molar refractivity (Wildman–Crippen MR) is 108 cm³/mol. The highest BCUT2D eigenvalue weighted by atomic mass is 16.5. The first-order valence-corrected chi connectivity index (χ1v) is 9.59. The van der Waals surface area contributed by atoms with Crippen molar-refractivity contribution in [3.05, 3.63) is 56.7 Å². The van der Waals surface area contributed by atoms with Crippen LogP contribution in [0.5, 0.6) is 0 Å². The van der Waals surface area contributed by atoms with Gasteiger partial charge in [-0.25, -0.2) is 4.79 Å². The Labute approximate surface area is 158 Å². The number of hydrogen-bond donors (Lipinski definition) is 1. The summed E-state index contributed by atoms with van der Waals surface area (Å²) in [6, 6.07) is 9.64. The smallest absolute Gasteiger partial charge is 0.331 e. The van der Waals surface area contributed by atoms with Gasteiger partial charge in [0.2, 0.25) is 0 Å². The molecule has 0 bridgehead atoms. The molecule has 3 aromatic rings. The summed E-state index contributed by atoms with van der Waals surface area (Å²) in [5.41, 5.74) is 2.38. The van der Waals surface area contributed by atoms with Gasteiger partial charge in [-0.2, -0.15) is 4.73 Å². The van der Waals surface area contributed by atoms with E-state index < -0.39 is 5.56 Å². The maximum Gasteiger partial charge on any atom is 0.331 e. The lowest BCUT2D eigenvalue weighted by Gasteiger charge is -2.11. The molecule has 0 spiro atoms. The second-order valence-electron chi connectivity index (χ2n) is 7.24. The molecule has 2 aromatic heterocycles. The molecule has 144 valence electrons. The Morgan fingerprint density at radius 3 is 2.11 bits per heavy atom. The van der Waals surface area contributed by atoms with Crippen molar-refractivity contribution in [2.75, 3.05) is 0 Å². The quantitative estimate of drug-likeness (QED) is 0.672. The molecule has 0 fully saturated rings. The van der Waals surface area contributed by atoms with Gasteiger partial charge in [-0.15, -0.1) is 0 Å². The molecule has 1 N–H and O–H groups in total. The molecule has 1 aromatic carbocycles. The van der Waals surface area contributed by atoms with Crippen molar-refractivity contribution in [1.82, 2.24) is 13.9 Å². The molecule has 0 aliphatic rings. The van der Waals surface area contributed by atoms with E-state index in [1.54, 1.807) is 10.6 Å². The topological polar surface area (TPSA) is 69.2 Å². The highest BCUT2D eigenvalue weighted by Gasteiger charge is 2.20. The molecular formula is C21H27N3O3. The molecule has 0 saturated heterocycles. The van der Waals surface area contributed by atoms with E-state index in [9.17, 15) is 14.8 Å². The number of hydrogen-bond acceptors (Lipinski definition) is 3. The molecule has 3 rings (SSSR count). The molecule has 0 radical (unpaired) electrons. The molecular weight excluding hydrogens is 342 g/mol. The monoisotopic (exact) mass is 369 g/mol. The largest absolute Gasteiger partial charge is 0.428 e. The first-order valence-electron chi connectivity index (χ1n) is 9.59. The summed E-state index contributed by atoms with van der Waals surface area (Å²) < 4.78 is 3.74. The number of fused-ring (bicyclic) bond motifs is 1. The SMILES string of the molecule is CCCn1c(=O)c2c(cc(-c3ccc(C(C)C)cc3)n2O)n(CCC)c1=O. The number of rotatable bonds is 6. The van der Waals surface area contributed by atoms with Gasteiger partial charge in [-0.1, -0.05) is 52.0 Å². The van der Waals surface area contributed by atoms with Crippen LogP contribution in [-0.4, -0.2) is 19.1 Å². The van der Waals surface area contributed by atoms with E-state index in [4.69, 9.17) is 0 Å². The van der Waals surface area contributed by atoms with Crippen LogP contribution in [0.25, 0.3) is 22.3 Å². The van der Waals surface area contributed by atoms with E-state index in [0.717, 1.165) is 16.7 Å². The van der Waals surface area contributed by atoms with Crippen molar-refractivity contribution in [3.8, 4) is 11.3 Å². The van der Waals surface area contributed by atoms with Gasteiger partial charge in [0.15, 0.2) is 5.52 Å². The van der Waals surface area contributed by atoms with Crippen LogP contribution in [0, 0.1) is 0 Å². The number of aromatic nitrogens is 3. The third-order valence-electron chi connectivity index (χ3n) is 4.92. The maximum atomic E-state index is 12.9. The summed E-state index contributed by atoms with van der Waals surface area (Å²) in [5.74, 6) is 0.412. The zero-order valence-electron chi connectivity index (χ0n) is 16.4. The lowest BCUT2D eigenvalue weighted by atomic mass is 10.0. The zero-order chi connectivity index (χ0) is 19.7. The fourth-order valence-electron chi connectivity index (χ4n) is 3.46. The molecule has 0 aliphatic carbocycles. The van der Waals surface area contributed by atoms with E-state index in [0.29, 0.717) is 36.6 Å². The van der Waals surface area contributed by atoms with Crippen molar-refractivity contribution in [2.24, 2.45) is 0 Å². The zero-order valence-corrected chi connectivity index (χ0v) is 16.4. The van der Waals surface area contributed by atoms with Gasteiger partial charge >= 0.3 is 5.69 Å². The second kappa shape index (κ2) is 7.47. The van der Waals surface area contributed by atoms with E-state index in [1.165, 1.54) is 10.1 Å². The van der Waals surface area contributed by atoms with Crippen LogP contribution in [0.4, 0.5) is 0 Å².